The SMILES string of the molecule is Cc1ccc(OCCOc2c(Cl)cccc2Cl)cc1N. The maximum atomic E-state index is 6.00. The molecule has 0 saturated carbocycles. The standard InChI is InChI=1S/C15H15Cl2NO2/c1-10-5-6-11(9-14(10)18)19-7-8-20-15-12(16)3-2-4-13(15)17/h2-6,9H,7-8,18H2,1H3. The van der Waals surface area contributed by atoms with Gasteiger partial charge in [0.2, 0.25) is 0 Å². The number of nitrogens with two attached hydrogens (primary N) is 1. The van der Waals surface area contributed by atoms with Crippen molar-refractivity contribution < 1.29 is 9.47 Å². The van der Waals surface area contributed by atoms with Crippen LogP contribution in [-0.4, -0.2) is 13.2 Å². The largest absolute Gasteiger partial charge is 0.490 e. The minimum atomic E-state index is 0.344. The molecule has 2 N–H and O–H groups in total. The van der Waals surface area contributed by atoms with E-state index in [0.29, 0.717) is 40.4 Å². The predicted octanol–water partition coefficient (Wildman–Crippen LogP) is 4.34. The van der Waals surface area contributed by atoms with E-state index in [-0.39, 0.29) is 0 Å². The lowest BCUT2D eigenvalue weighted by Gasteiger charge is -2.11. The second kappa shape index (κ2) is 6.73. The van der Waals surface area contributed by atoms with Crippen molar-refractivity contribution in [1.82, 2.24) is 0 Å². The molecule has 20 heavy (non-hydrogen) atoms. The summed E-state index contributed by atoms with van der Waals surface area (Å²) >= 11 is 12.0. The van der Waals surface area contributed by atoms with Gasteiger partial charge < -0.3 is 15.2 Å². The first kappa shape index (κ1) is 14.8. The normalized spacial score (nSPS) is 10.3. The molecule has 0 saturated heterocycles. The van der Waals surface area contributed by atoms with Crippen molar-refractivity contribution in [2.45, 2.75) is 6.92 Å². The van der Waals surface area contributed by atoms with Gasteiger partial charge in [0.25, 0.3) is 0 Å². The molecular formula is C15H15Cl2NO2. The van der Waals surface area contributed by atoms with E-state index in [2.05, 4.69) is 0 Å². The Balaban J connectivity index is 1.86. The van der Waals surface area contributed by atoms with E-state index in [4.69, 9.17) is 38.4 Å². The molecular weight excluding hydrogens is 297 g/mol. The third-order valence-electron chi connectivity index (χ3n) is 2.77. The Morgan fingerprint density at radius 3 is 2.30 bits per heavy atom. The Bertz CT molecular complexity index is 582. The van der Waals surface area contributed by atoms with E-state index in [1.54, 1.807) is 24.3 Å². The molecule has 106 valence electrons. The molecule has 0 atom stereocenters. The van der Waals surface area contributed by atoms with Crippen LogP contribution in [0.5, 0.6) is 11.5 Å². The summed E-state index contributed by atoms with van der Waals surface area (Å²) in [7, 11) is 0. The second-order valence-electron chi connectivity index (χ2n) is 4.27. The number of nitrogen functional groups attached to an aromatic ring is 1. The van der Waals surface area contributed by atoms with Gasteiger partial charge in [-0.3, -0.25) is 0 Å². The van der Waals surface area contributed by atoms with Crippen LogP contribution in [-0.2, 0) is 0 Å². The van der Waals surface area contributed by atoms with Crippen molar-refractivity contribution in [3.63, 3.8) is 0 Å². The number of hydrogen-bond acceptors (Lipinski definition) is 3. The predicted molar refractivity (Wildman–Crippen MR) is 83.0 cm³/mol. The van der Waals surface area contributed by atoms with Crippen LogP contribution in [0.3, 0.4) is 0 Å². The first-order valence-corrected chi connectivity index (χ1v) is 6.89. The highest BCUT2D eigenvalue weighted by Crippen LogP contribution is 2.32. The summed E-state index contributed by atoms with van der Waals surface area (Å²) in [5, 5.41) is 0.967. The van der Waals surface area contributed by atoms with Crippen molar-refractivity contribution in [3.05, 3.63) is 52.0 Å². The summed E-state index contributed by atoms with van der Waals surface area (Å²) < 4.78 is 11.1. The Kier molecular flexibility index (Phi) is 4.99. The molecule has 0 heterocycles. The summed E-state index contributed by atoms with van der Waals surface area (Å²) in [4.78, 5) is 0. The fourth-order valence-corrected chi connectivity index (χ4v) is 2.14. The number of ether oxygens (including phenoxy) is 2. The van der Waals surface area contributed by atoms with Crippen LogP contribution in [0.2, 0.25) is 10.0 Å². The Labute approximate surface area is 128 Å². The number of para-hydroxylation sites is 1. The molecule has 2 aromatic rings. The van der Waals surface area contributed by atoms with Crippen molar-refractivity contribution >= 4 is 28.9 Å². The molecule has 0 spiro atoms. The van der Waals surface area contributed by atoms with Gasteiger partial charge in [-0.2, -0.15) is 0 Å². The summed E-state index contributed by atoms with van der Waals surface area (Å²) in [5.74, 6) is 1.19. The molecule has 2 aromatic carbocycles. The number of benzene rings is 2. The summed E-state index contributed by atoms with van der Waals surface area (Å²) in [6.07, 6.45) is 0. The van der Waals surface area contributed by atoms with E-state index in [1.165, 1.54) is 0 Å². The highest BCUT2D eigenvalue weighted by atomic mass is 35.5. The van der Waals surface area contributed by atoms with Gasteiger partial charge in [-0.25, -0.2) is 0 Å². The minimum absolute atomic E-state index is 0.344. The topological polar surface area (TPSA) is 44.5 Å². The summed E-state index contributed by atoms with van der Waals surface area (Å²) in [6.45, 7) is 2.67. The molecule has 0 aromatic heterocycles. The number of rotatable bonds is 5. The smallest absolute Gasteiger partial charge is 0.156 e. The molecule has 2 rings (SSSR count). The summed E-state index contributed by atoms with van der Waals surface area (Å²) in [6, 6.07) is 10.8. The van der Waals surface area contributed by atoms with E-state index >= 15 is 0 Å². The van der Waals surface area contributed by atoms with Gasteiger partial charge in [0.1, 0.15) is 19.0 Å². The van der Waals surface area contributed by atoms with Crippen LogP contribution in [0.25, 0.3) is 0 Å². The van der Waals surface area contributed by atoms with Crippen LogP contribution in [0.15, 0.2) is 36.4 Å². The van der Waals surface area contributed by atoms with Crippen molar-refractivity contribution in [2.75, 3.05) is 18.9 Å². The molecule has 0 bridgehead atoms. The Morgan fingerprint density at radius 2 is 1.65 bits per heavy atom. The third-order valence-corrected chi connectivity index (χ3v) is 3.36. The fourth-order valence-electron chi connectivity index (χ4n) is 1.63. The average Bonchev–Trinajstić information content (AvgIpc) is 2.41. The summed E-state index contributed by atoms with van der Waals surface area (Å²) in [5.41, 5.74) is 7.54. The number of halogens is 2. The maximum Gasteiger partial charge on any atom is 0.156 e. The zero-order chi connectivity index (χ0) is 14.5. The van der Waals surface area contributed by atoms with Crippen LogP contribution < -0.4 is 15.2 Å². The number of aryl methyl sites for hydroxylation is 1. The molecule has 0 fully saturated rings. The van der Waals surface area contributed by atoms with E-state index in [1.807, 2.05) is 19.1 Å². The van der Waals surface area contributed by atoms with Gasteiger partial charge in [-0.05, 0) is 30.7 Å². The molecule has 5 heteroatoms. The minimum Gasteiger partial charge on any atom is -0.490 e. The number of anilines is 1. The van der Waals surface area contributed by atoms with Gasteiger partial charge >= 0.3 is 0 Å². The average molecular weight is 312 g/mol. The number of hydrogen-bond donors (Lipinski definition) is 1. The molecule has 0 aliphatic rings. The zero-order valence-corrected chi connectivity index (χ0v) is 12.5. The van der Waals surface area contributed by atoms with Crippen molar-refractivity contribution in [2.24, 2.45) is 0 Å². The van der Waals surface area contributed by atoms with Gasteiger partial charge in [-0.15, -0.1) is 0 Å². The van der Waals surface area contributed by atoms with E-state index in [9.17, 15) is 0 Å². The third kappa shape index (κ3) is 3.71. The quantitative estimate of drug-likeness (QED) is 0.660. The highest BCUT2D eigenvalue weighted by molar-refractivity contribution is 6.37. The highest BCUT2D eigenvalue weighted by Gasteiger charge is 2.06. The van der Waals surface area contributed by atoms with Gasteiger partial charge in [0.05, 0.1) is 10.0 Å². The Hall–Kier alpha value is -1.58. The van der Waals surface area contributed by atoms with Crippen LogP contribution in [0.4, 0.5) is 5.69 Å². The molecule has 0 aliphatic carbocycles. The lowest BCUT2D eigenvalue weighted by Crippen LogP contribution is -2.09. The molecule has 0 aliphatic heterocycles. The fraction of sp³-hybridized carbons (Fsp3) is 0.200. The van der Waals surface area contributed by atoms with Gasteiger partial charge in [0, 0.05) is 11.8 Å². The Morgan fingerprint density at radius 1 is 1.00 bits per heavy atom. The second-order valence-corrected chi connectivity index (χ2v) is 5.08. The van der Waals surface area contributed by atoms with Crippen LogP contribution >= 0.6 is 23.2 Å². The lowest BCUT2D eigenvalue weighted by molar-refractivity contribution is 0.217. The lowest BCUT2D eigenvalue weighted by atomic mass is 10.2. The molecule has 3 nitrogen and oxygen atoms in total. The van der Waals surface area contributed by atoms with Crippen LogP contribution in [0.1, 0.15) is 5.56 Å². The molecule has 0 unspecified atom stereocenters. The first-order valence-electron chi connectivity index (χ1n) is 6.13. The maximum absolute atomic E-state index is 6.00. The van der Waals surface area contributed by atoms with E-state index < -0.39 is 0 Å². The monoisotopic (exact) mass is 311 g/mol. The van der Waals surface area contributed by atoms with Crippen molar-refractivity contribution in [3.8, 4) is 11.5 Å². The molecule has 0 amide bonds. The van der Waals surface area contributed by atoms with Gasteiger partial charge in [0.15, 0.2) is 5.75 Å². The van der Waals surface area contributed by atoms with Crippen LogP contribution in [0, 0.1) is 6.92 Å². The molecule has 0 radical (unpaired) electrons. The van der Waals surface area contributed by atoms with Crippen molar-refractivity contribution in [1.29, 1.82) is 0 Å². The first-order chi connectivity index (χ1) is 9.58. The zero-order valence-electron chi connectivity index (χ0n) is 11.0. The van der Waals surface area contributed by atoms with E-state index in [0.717, 1.165) is 5.56 Å². The van der Waals surface area contributed by atoms with Gasteiger partial charge in [-0.1, -0.05) is 35.3 Å².